The number of rotatable bonds is 7. The number of nitrogens with one attached hydrogen (secondary N) is 1. The Morgan fingerprint density at radius 3 is 2.67 bits per heavy atom. The van der Waals surface area contributed by atoms with E-state index in [1.807, 2.05) is 35.8 Å². The summed E-state index contributed by atoms with van der Waals surface area (Å²) in [4.78, 5) is 11.8. The quantitative estimate of drug-likeness (QED) is 0.467. The van der Waals surface area contributed by atoms with Gasteiger partial charge in [-0.15, -0.1) is 5.10 Å². The third-order valence-electron chi connectivity index (χ3n) is 6.05. The number of benzene rings is 2. The van der Waals surface area contributed by atoms with E-state index < -0.39 is 0 Å². The fraction of sp³-hybridized carbons (Fsp3) is 0.320. The Labute approximate surface area is 193 Å². The number of nitrogens with zero attached hydrogens (tertiary/aromatic N) is 5. The van der Waals surface area contributed by atoms with Crippen molar-refractivity contribution < 1.29 is 9.47 Å². The molecule has 33 heavy (non-hydrogen) atoms. The van der Waals surface area contributed by atoms with Crippen molar-refractivity contribution in [3.8, 4) is 11.5 Å². The van der Waals surface area contributed by atoms with Crippen LogP contribution in [0.2, 0.25) is 0 Å². The average molecular weight is 445 g/mol. The fourth-order valence-electron chi connectivity index (χ4n) is 4.36. The molecule has 170 valence electrons. The monoisotopic (exact) mass is 444 g/mol. The van der Waals surface area contributed by atoms with E-state index in [9.17, 15) is 0 Å². The molecular weight excluding hydrogens is 416 g/mol. The van der Waals surface area contributed by atoms with Gasteiger partial charge in [-0.1, -0.05) is 30.3 Å². The zero-order valence-corrected chi connectivity index (χ0v) is 19.2. The van der Waals surface area contributed by atoms with E-state index in [4.69, 9.17) is 14.5 Å². The third kappa shape index (κ3) is 4.34. The molecule has 0 spiro atoms. The minimum Gasteiger partial charge on any atom is -0.493 e. The van der Waals surface area contributed by atoms with Crippen LogP contribution in [0.3, 0.4) is 0 Å². The molecule has 0 bridgehead atoms. The number of methoxy groups -OCH3 is 2. The number of hydrogen-bond acceptors (Lipinski definition) is 7. The lowest BCUT2D eigenvalue weighted by molar-refractivity contribution is 0.246. The van der Waals surface area contributed by atoms with E-state index in [2.05, 4.69) is 44.6 Å². The molecule has 0 atom stereocenters. The van der Waals surface area contributed by atoms with Gasteiger partial charge in [0.1, 0.15) is 5.82 Å². The van der Waals surface area contributed by atoms with Gasteiger partial charge in [-0.25, -0.2) is 9.97 Å². The summed E-state index contributed by atoms with van der Waals surface area (Å²) in [7, 11) is 3.27. The Hall–Kier alpha value is -3.65. The van der Waals surface area contributed by atoms with Crippen LogP contribution in [0.1, 0.15) is 28.1 Å². The molecule has 8 nitrogen and oxygen atoms in total. The molecule has 0 fully saturated rings. The molecule has 1 N–H and O–H groups in total. The number of anilines is 1. The van der Waals surface area contributed by atoms with Crippen molar-refractivity contribution in [2.75, 3.05) is 26.1 Å². The maximum atomic E-state index is 5.41. The topological polar surface area (TPSA) is 76.8 Å². The highest BCUT2D eigenvalue weighted by Gasteiger charge is 2.19. The predicted octanol–water partition coefficient (Wildman–Crippen LogP) is 3.62. The Morgan fingerprint density at radius 1 is 1.03 bits per heavy atom. The highest BCUT2D eigenvalue weighted by atomic mass is 16.5. The van der Waals surface area contributed by atoms with Crippen LogP contribution in [-0.2, 0) is 26.1 Å². The first kappa shape index (κ1) is 21.2. The molecular formula is C25H28N6O2. The van der Waals surface area contributed by atoms with Crippen LogP contribution in [-0.4, -0.2) is 45.2 Å². The first-order valence-electron chi connectivity index (χ1n) is 11.1. The summed E-state index contributed by atoms with van der Waals surface area (Å²) < 4.78 is 12.5. The molecule has 2 aromatic heterocycles. The zero-order valence-electron chi connectivity index (χ0n) is 19.2. The Morgan fingerprint density at radius 2 is 1.85 bits per heavy atom. The van der Waals surface area contributed by atoms with Crippen molar-refractivity contribution >= 4 is 11.6 Å². The maximum Gasteiger partial charge on any atom is 0.226 e. The largest absolute Gasteiger partial charge is 0.493 e. The number of hydrogen-bond donors (Lipinski definition) is 1. The second-order valence-electron chi connectivity index (χ2n) is 8.27. The van der Waals surface area contributed by atoms with E-state index >= 15 is 0 Å². The van der Waals surface area contributed by atoms with Crippen molar-refractivity contribution in [3.63, 3.8) is 0 Å². The summed E-state index contributed by atoms with van der Waals surface area (Å²) in [5.74, 6) is 2.79. The van der Waals surface area contributed by atoms with Crippen molar-refractivity contribution in [1.29, 1.82) is 0 Å². The van der Waals surface area contributed by atoms with E-state index in [-0.39, 0.29) is 0 Å². The van der Waals surface area contributed by atoms with Crippen LogP contribution in [0.5, 0.6) is 11.5 Å². The van der Waals surface area contributed by atoms with E-state index in [0.29, 0.717) is 24.0 Å². The average Bonchev–Trinajstić information content (AvgIpc) is 3.25. The molecule has 3 heterocycles. The number of ether oxygens (including phenoxy) is 2. The van der Waals surface area contributed by atoms with Gasteiger partial charge in [0.15, 0.2) is 17.1 Å². The Bertz CT molecular complexity index is 1290. The second-order valence-corrected chi connectivity index (χ2v) is 8.27. The molecule has 0 radical (unpaired) electrons. The molecule has 0 saturated carbocycles. The van der Waals surface area contributed by atoms with Crippen LogP contribution in [0.15, 0.2) is 48.7 Å². The van der Waals surface area contributed by atoms with Crippen molar-refractivity contribution in [3.05, 3.63) is 76.7 Å². The van der Waals surface area contributed by atoms with Gasteiger partial charge >= 0.3 is 0 Å². The van der Waals surface area contributed by atoms with Gasteiger partial charge in [0.05, 0.1) is 14.2 Å². The first-order valence-corrected chi connectivity index (χ1v) is 11.1. The van der Waals surface area contributed by atoms with Crippen molar-refractivity contribution in [1.82, 2.24) is 24.5 Å². The van der Waals surface area contributed by atoms with Gasteiger partial charge in [-0.2, -0.15) is 4.52 Å². The van der Waals surface area contributed by atoms with E-state index in [0.717, 1.165) is 48.7 Å². The molecule has 0 aliphatic carbocycles. The zero-order chi connectivity index (χ0) is 22.8. The summed E-state index contributed by atoms with van der Waals surface area (Å²) in [5, 5.41) is 7.98. The summed E-state index contributed by atoms with van der Waals surface area (Å²) in [6.07, 6.45) is 2.98. The van der Waals surface area contributed by atoms with Crippen molar-refractivity contribution in [2.24, 2.45) is 0 Å². The number of fused-ring (bicyclic) bond motifs is 2. The van der Waals surface area contributed by atoms with Crippen LogP contribution in [0.25, 0.3) is 5.65 Å². The predicted molar refractivity (Wildman–Crippen MR) is 127 cm³/mol. The standard InChI is InChI=1S/C25H28N6O2/c1-17-28-24-21(16-30-11-10-19-6-4-5-7-20(19)15-30)14-27-25(31(24)29-17)26-13-18-8-9-22(32-2)23(12-18)33-3/h4-9,12,14H,10-11,13,15-16H2,1-3H3,(H,26,27). The molecule has 0 amide bonds. The van der Waals surface area contributed by atoms with Gasteiger partial charge in [0.25, 0.3) is 0 Å². The van der Waals surface area contributed by atoms with Gasteiger partial charge in [-0.05, 0) is 42.2 Å². The first-order chi connectivity index (χ1) is 16.1. The lowest BCUT2D eigenvalue weighted by Crippen LogP contribution is -2.30. The second kappa shape index (κ2) is 9.07. The van der Waals surface area contributed by atoms with E-state index in [1.165, 1.54) is 11.1 Å². The van der Waals surface area contributed by atoms with E-state index in [1.54, 1.807) is 14.2 Å². The van der Waals surface area contributed by atoms with Gasteiger partial charge in [0, 0.05) is 37.9 Å². The summed E-state index contributed by atoms with van der Waals surface area (Å²) in [6.45, 7) is 5.24. The third-order valence-corrected chi connectivity index (χ3v) is 6.05. The molecule has 8 heteroatoms. The molecule has 2 aromatic carbocycles. The smallest absolute Gasteiger partial charge is 0.226 e. The van der Waals surface area contributed by atoms with Crippen LogP contribution < -0.4 is 14.8 Å². The lowest BCUT2D eigenvalue weighted by atomic mass is 10.00. The summed E-state index contributed by atoms with van der Waals surface area (Å²) >= 11 is 0. The van der Waals surface area contributed by atoms with Gasteiger partial charge < -0.3 is 14.8 Å². The molecule has 4 aromatic rings. The van der Waals surface area contributed by atoms with Crippen LogP contribution in [0, 0.1) is 6.92 Å². The Kier molecular flexibility index (Phi) is 5.83. The molecule has 0 unspecified atom stereocenters. The normalized spacial score (nSPS) is 13.7. The highest BCUT2D eigenvalue weighted by Crippen LogP contribution is 2.28. The van der Waals surface area contributed by atoms with Gasteiger partial charge in [-0.3, -0.25) is 4.90 Å². The van der Waals surface area contributed by atoms with Gasteiger partial charge in [0.2, 0.25) is 5.95 Å². The van der Waals surface area contributed by atoms with Crippen LogP contribution in [0.4, 0.5) is 5.95 Å². The molecule has 5 rings (SSSR count). The fourth-order valence-corrected chi connectivity index (χ4v) is 4.36. The molecule has 1 aliphatic heterocycles. The molecule has 0 saturated heterocycles. The minimum absolute atomic E-state index is 0.573. The summed E-state index contributed by atoms with van der Waals surface area (Å²) in [5.41, 5.74) is 5.82. The van der Waals surface area contributed by atoms with Crippen molar-refractivity contribution in [2.45, 2.75) is 33.0 Å². The number of aryl methyl sites for hydroxylation is 1. The van der Waals surface area contributed by atoms with Crippen LogP contribution >= 0.6 is 0 Å². The summed E-state index contributed by atoms with van der Waals surface area (Å²) in [6, 6.07) is 14.5. The maximum absolute atomic E-state index is 5.41. The highest BCUT2D eigenvalue weighted by molar-refractivity contribution is 5.51. The SMILES string of the molecule is COc1ccc(CNc2ncc(CN3CCc4ccccc4C3)c3nc(C)nn23)cc1OC. The number of aromatic nitrogens is 4. The minimum atomic E-state index is 0.573. The Balaban J connectivity index is 1.35. The lowest BCUT2D eigenvalue weighted by Gasteiger charge is -2.28. The molecule has 1 aliphatic rings.